The van der Waals surface area contributed by atoms with Crippen molar-refractivity contribution in [2.45, 2.75) is 56.3 Å². The van der Waals surface area contributed by atoms with Gasteiger partial charge in [0.05, 0.1) is 18.1 Å². The Morgan fingerprint density at radius 3 is 2.56 bits per heavy atom. The molecule has 1 aliphatic heterocycles. The molecule has 3 rings (SSSR count). The second kappa shape index (κ2) is 11.8. The van der Waals surface area contributed by atoms with Crippen LogP contribution in [0.1, 0.15) is 37.8 Å². The third kappa shape index (κ3) is 7.80. The summed E-state index contributed by atoms with van der Waals surface area (Å²) in [6.45, 7) is 4.97. The largest absolute Gasteiger partial charge is 0.444 e. The van der Waals surface area contributed by atoms with Gasteiger partial charge >= 0.3 is 6.09 Å². The maximum absolute atomic E-state index is 13.0. The monoisotopic (exact) mass is 490 g/mol. The van der Waals surface area contributed by atoms with Crippen molar-refractivity contribution in [2.24, 2.45) is 5.92 Å². The number of rotatable bonds is 11. The number of ether oxygens (including phenoxy) is 2. The van der Waals surface area contributed by atoms with Gasteiger partial charge in [0.2, 0.25) is 10.0 Å². The Kier molecular flexibility index (Phi) is 9.07. The van der Waals surface area contributed by atoms with E-state index in [2.05, 4.69) is 10.0 Å². The summed E-state index contributed by atoms with van der Waals surface area (Å²) >= 11 is 0. The molecule has 0 bridgehead atoms. The van der Waals surface area contributed by atoms with Crippen molar-refractivity contribution < 1.29 is 27.8 Å². The highest BCUT2D eigenvalue weighted by Gasteiger charge is 2.33. The van der Waals surface area contributed by atoms with Crippen molar-refractivity contribution >= 4 is 16.1 Å². The molecule has 0 aromatic heterocycles. The first-order valence-electron chi connectivity index (χ1n) is 11.6. The van der Waals surface area contributed by atoms with Crippen molar-refractivity contribution in [1.29, 1.82) is 0 Å². The zero-order valence-electron chi connectivity index (χ0n) is 19.7. The summed E-state index contributed by atoms with van der Waals surface area (Å²) in [6, 6.07) is 16.1. The molecule has 34 heavy (non-hydrogen) atoms. The van der Waals surface area contributed by atoms with Crippen LogP contribution in [-0.2, 0) is 32.3 Å². The Balaban J connectivity index is 1.82. The summed E-state index contributed by atoms with van der Waals surface area (Å²) in [5.41, 5.74) is -0.339. The molecule has 1 fully saturated rings. The molecule has 186 valence electrons. The molecule has 1 saturated heterocycles. The van der Waals surface area contributed by atoms with Gasteiger partial charge in [-0.1, -0.05) is 62.4 Å². The smallest absolute Gasteiger partial charge is 0.409 e. The lowest BCUT2D eigenvalue weighted by Crippen LogP contribution is -2.51. The summed E-state index contributed by atoms with van der Waals surface area (Å²) in [5.74, 6) is 0.140. The van der Waals surface area contributed by atoms with Gasteiger partial charge in [0.25, 0.3) is 0 Å². The molecule has 1 aliphatic rings. The van der Waals surface area contributed by atoms with E-state index in [4.69, 9.17) is 9.47 Å². The number of aryl methyl sites for hydroxylation is 1. The van der Waals surface area contributed by atoms with E-state index in [1.807, 2.05) is 44.2 Å². The van der Waals surface area contributed by atoms with Crippen molar-refractivity contribution in [3.05, 3.63) is 65.7 Å². The van der Waals surface area contributed by atoms with Gasteiger partial charge in [0.1, 0.15) is 11.8 Å². The summed E-state index contributed by atoms with van der Waals surface area (Å²) in [5, 5.41) is 14.1. The SMILES string of the molecule is CC(C)CNS(=O)(=O)c1ccccc1CC(O)(CCc1ccccc1)NC(=O)O[C@H]1CCOC1. The lowest BCUT2D eigenvalue weighted by Gasteiger charge is -2.30. The van der Waals surface area contributed by atoms with Gasteiger partial charge in [-0.3, -0.25) is 5.32 Å². The van der Waals surface area contributed by atoms with Crippen LogP contribution in [0.5, 0.6) is 0 Å². The van der Waals surface area contributed by atoms with Crippen LogP contribution in [0.25, 0.3) is 0 Å². The lowest BCUT2D eigenvalue weighted by molar-refractivity contribution is -0.0106. The van der Waals surface area contributed by atoms with Crippen LogP contribution in [0.15, 0.2) is 59.5 Å². The summed E-state index contributed by atoms with van der Waals surface area (Å²) in [6.07, 6.45) is 0.00891. The van der Waals surface area contributed by atoms with E-state index in [0.717, 1.165) is 5.56 Å². The first-order chi connectivity index (χ1) is 16.2. The van der Waals surface area contributed by atoms with Crippen LogP contribution < -0.4 is 10.0 Å². The van der Waals surface area contributed by atoms with Gasteiger partial charge in [0.15, 0.2) is 0 Å². The minimum absolute atomic E-state index is 0.0770. The topological polar surface area (TPSA) is 114 Å². The van der Waals surface area contributed by atoms with Crippen molar-refractivity contribution in [3.8, 4) is 0 Å². The Bertz CT molecular complexity index is 1040. The predicted octanol–water partition coefficient (Wildman–Crippen LogP) is 3.00. The van der Waals surface area contributed by atoms with E-state index < -0.39 is 21.8 Å². The van der Waals surface area contributed by atoms with Gasteiger partial charge in [-0.25, -0.2) is 17.9 Å². The molecule has 3 N–H and O–H groups in total. The number of carbonyl (C=O) groups excluding carboxylic acids is 1. The first kappa shape index (κ1) is 26.2. The van der Waals surface area contributed by atoms with Gasteiger partial charge in [0, 0.05) is 19.4 Å². The molecule has 2 aromatic rings. The Hall–Kier alpha value is -2.46. The highest BCUT2D eigenvalue weighted by molar-refractivity contribution is 7.89. The second-order valence-electron chi connectivity index (χ2n) is 9.06. The summed E-state index contributed by atoms with van der Waals surface area (Å²) in [4.78, 5) is 12.7. The van der Waals surface area contributed by atoms with Crippen molar-refractivity contribution in [3.63, 3.8) is 0 Å². The van der Waals surface area contributed by atoms with Gasteiger partial charge in [-0.05, 0) is 36.0 Å². The quantitative estimate of drug-likeness (QED) is 0.417. The number of sulfonamides is 1. The molecule has 0 saturated carbocycles. The van der Waals surface area contributed by atoms with Gasteiger partial charge < -0.3 is 14.6 Å². The molecular weight excluding hydrogens is 456 g/mol. The van der Waals surface area contributed by atoms with E-state index in [0.29, 0.717) is 38.2 Å². The Morgan fingerprint density at radius 2 is 1.88 bits per heavy atom. The third-order valence-electron chi connectivity index (χ3n) is 5.59. The number of nitrogens with one attached hydrogen (secondary N) is 2. The standard InChI is InChI=1S/C25H34N2O6S/c1-19(2)17-26-34(30,31)23-11-7-6-10-21(23)16-25(29,14-12-20-8-4-3-5-9-20)27-24(28)33-22-13-15-32-18-22/h3-11,19,22,26,29H,12-18H2,1-2H3,(H,27,28)/t22-,25?/m0/s1. The molecule has 2 atom stereocenters. The average molecular weight is 491 g/mol. The number of aliphatic hydroxyl groups is 1. The maximum Gasteiger partial charge on any atom is 0.409 e. The van der Waals surface area contributed by atoms with Crippen molar-refractivity contribution in [2.75, 3.05) is 19.8 Å². The molecule has 2 aromatic carbocycles. The number of alkyl carbamates (subject to hydrolysis) is 1. The molecule has 0 spiro atoms. The van der Waals surface area contributed by atoms with E-state index in [1.165, 1.54) is 6.07 Å². The zero-order valence-corrected chi connectivity index (χ0v) is 20.5. The highest BCUT2D eigenvalue weighted by Crippen LogP contribution is 2.24. The van der Waals surface area contributed by atoms with Crippen LogP contribution in [0.3, 0.4) is 0 Å². The zero-order chi connectivity index (χ0) is 24.6. The average Bonchev–Trinajstić information content (AvgIpc) is 3.30. The minimum Gasteiger partial charge on any atom is -0.444 e. The molecule has 0 radical (unpaired) electrons. The van der Waals surface area contributed by atoms with Crippen LogP contribution in [0, 0.1) is 5.92 Å². The van der Waals surface area contributed by atoms with E-state index in [-0.39, 0.29) is 29.8 Å². The molecule has 1 amide bonds. The molecule has 0 aliphatic carbocycles. The number of hydrogen-bond acceptors (Lipinski definition) is 6. The minimum atomic E-state index is -3.79. The fraction of sp³-hybridized carbons (Fsp3) is 0.480. The lowest BCUT2D eigenvalue weighted by atomic mass is 9.95. The molecule has 1 heterocycles. The molecule has 9 heteroatoms. The van der Waals surface area contributed by atoms with Gasteiger partial charge in [-0.2, -0.15) is 0 Å². The van der Waals surface area contributed by atoms with E-state index >= 15 is 0 Å². The number of benzene rings is 2. The molecular formula is C25H34N2O6S. The van der Waals surface area contributed by atoms with Crippen molar-refractivity contribution in [1.82, 2.24) is 10.0 Å². The second-order valence-corrected chi connectivity index (χ2v) is 10.8. The highest BCUT2D eigenvalue weighted by atomic mass is 32.2. The summed E-state index contributed by atoms with van der Waals surface area (Å²) in [7, 11) is -3.79. The number of carbonyl (C=O) groups is 1. The predicted molar refractivity (Wildman–Crippen MR) is 129 cm³/mol. The maximum atomic E-state index is 13.0. The summed E-state index contributed by atoms with van der Waals surface area (Å²) < 4.78 is 39.2. The van der Waals surface area contributed by atoms with Crippen LogP contribution in [0.4, 0.5) is 4.79 Å². The number of amides is 1. The first-order valence-corrected chi connectivity index (χ1v) is 13.1. The molecule has 8 nitrogen and oxygen atoms in total. The Morgan fingerprint density at radius 1 is 1.18 bits per heavy atom. The van der Waals surface area contributed by atoms with Crippen LogP contribution >= 0.6 is 0 Å². The third-order valence-corrected chi connectivity index (χ3v) is 7.12. The molecule has 1 unspecified atom stereocenters. The van der Waals surface area contributed by atoms with E-state index in [9.17, 15) is 18.3 Å². The fourth-order valence-corrected chi connectivity index (χ4v) is 5.20. The normalized spacial score (nSPS) is 17.9. The fourth-order valence-electron chi connectivity index (χ4n) is 3.75. The van der Waals surface area contributed by atoms with E-state index in [1.54, 1.807) is 18.2 Å². The Labute approximate surface area is 201 Å². The van der Waals surface area contributed by atoms with Gasteiger partial charge in [-0.15, -0.1) is 0 Å². The number of hydrogen-bond donors (Lipinski definition) is 3. The van der Waals surface area contributed by atoms with Crippen LogP contribution in [0.2, 0.25) is 0 Å². The van der Waals surface area contributed by atoms with Crippen LogP contribution in [-0.4, -0.2) is 51.2 Å².